The second kappa shape index (κ2) is 8.64. The fourth-order valence-corrected chi connectivity index (χ4v) is 4.24. The predicted octanol–water partition coefficient (Wildman–Crippen LogP) is 0.763. The third-order valence-electron chi connectivity index (χ3n) is 4.69. The highest BCUT2D eigenvalue weighted by Gasteiger charge is 2.24. The molecule has 0 saturated carbocycles. The molecule has 1 aliphatic heterocycles. The lowest BCUT2D eigenvalue weighted by molar-refractivity contribution is -0.125. The molecule has 2 rings (SSSR count). The predicted molar refractivity (Wildman–Crippen MR) is 99.8 cm³/mol. The molecule has 1 aromatic carbocycles. The zero-order chi connectivity index (χ0) is 19.3. The molecule has 0 aliphatic carbocycles. The molecule has 0 aromatic heterocycles. The fraction of sp³-hybridized carbons (Fsp3) is 0.556. The van der Waals surface area contributed by atoms with Crippen molar-refractivity contribution in [3.63, 3.8) is 0 Å². The van der Waals surface area contributed by atoms with E-state index in [4.69, 9.17) is 0 Å². The molecule has 1 aromatic rings. The SMILES string of the molecule is CN(C)C(=O)CS(=O)(=O)c1ccc(C(=O)N(C)C2CCCNCC2)cc1. The maximum atomic E-state index is 12.7. The summed E-state index contributed by atoms with van der Waals surface area (Å²) in [6.45, 7) is 1.86. The first kappa shape index (κ1) is 20.4. The van der Waals surface area contributed by atoms with E-state index >= 15 is 0 Å². The van der Waals surface area contributed by atoms with E-state index < -0.39 is 21.5 Å². The summed E-state index contributed by atoms with van der Waals surface area (Å²) in [7, 11) is 1.10. The maximum absolute atomic E-state index is 12.7. The highest BCUT2D eigenvalue weighted by molar-refractivity contribution is 7.92. The summed E-state index contributed by atoms with van der Waals surface area (Å²) < 4.78 is 24.6. The average Bonchev–Trinajstić information content (AvgIpc) is 2.89. The Morgan fingerprint density at radius 2 is 1.73 bits per heavy atom. The second-order valence-electron chi connectivity index (χ2n) is 6.82. The van der Waals surface area contributed by atoms with E-state index in [2.05, 4.69) is 5.32 Å². The number of carbonyl (C=O) groups is 2. The van der Waals surface area contributed by atoms with Crippen LogP contribution in [0.1, 0.15) is 29.6 Å². The molecule has 2 amide bonds. The van der Waals surface area contributed by atoms with Crippen molar-refractivity contribution in [2.45, 2.75) is 30.2 Å². The quantitative estimate of drug-likeness (QED) is 0.814. The Bertz CT molecular complexity index is 736. The summed E-state index contributed by atoms with van der Waals surface area (Å²) in [5.41, 5.74) is 0.447. The molecule has 8 heteroatoms. The largest absolute Gasteiger partial charge is 0.348 e. The monoisotopic (exact) mass is 381 g/mol. The van der Waals surface area contributed by atoms with Crippen molar-refractivity contribution < 1.29 is 18.0 Å². The zero-order valence-electron chi connectivity index (χ0n) is 15.6. The third-order valence-corrected chi connectivity index (χ3v) is 6.30. The molecular weight excluding hydrogens is 354 g/mol. The molecule has 144 valence electrons. The number of carbonyl (C=O) groups excluding carboxylic acids is 2. The van der Waals surface area contributed by atoms with Crippen molar-refractivity contribution in [1.82, 2.24) is 15.1 Å². The van der Waals surface area contributed by atoms with Gasteiger partial charge in [-0.15, -0.1) is 0 Å². The van der Waals surface area contributed by atoms with Crippen LogP contribution in [0, 0.1) is 0 Å². The first-order valence-electron chi connectivity index (χ1n) is 8.73. The van der Waals surface area contributed by atoms with Gasteiger partial charge in [0.15, 0.2) is 9.84 Å². The van der Waals surface area contributed by atoms with Gasteiger partial charge in [-0.25, -0.2) is 8.42 Å². The molecule has 0 bridgehead atoms. The van der Waals surface area contributed by atoms with Crippen LogP contribution in [0.3, 0.4) is 0 Å². The Balaban J connectivity index is 2.10. The van der Waals surface area contributed by atoms with Crippen LogP contribution in [0.25, 0.3) is 0 Å². The number of hydrogen-bond acceptors (Lipinski definition) is 5. The Labute approximate surface area is 155 Å². The zero-order valence-corrected chi connectivity index (χ0v) is 16.4. The summed E-state index contributed by atoms with van der Waals surface area (Å²) in [5.74, 6) is -1.18. The van der Waals surface area contributed by atoms with Gasteiger partial charge in [0.25, 0.3) is 5.91 Å². The first-order valence-corrected chi connectivity index (χ1v) is 10.4. The van der Waals surface area contributed by atoms with Crippen LogP contribution in [-0.2, 0) is 14.6 Å². The van der Waals surface area contributed by atoms with E-state index in [-0.39, 0.29) is 16.8 Å². The molecule has 0 radical (unpaired) electrons. The topological polar surface area (TPSA) is 86.8 Å². The van der Waals surface area contributed by atoms with Gasteiger partial charge in [0.1, 0.15) is 5.75 Å². The molecule has 1 fully saturated rings. The Hall–Kier alpha value is -1.93. The van der Waals surface area contributed by atoms with Gasteiger partial charge in [0, 0.05) is 32.7 Å². The average molecular weight is 381 g/mol. The van der Waals surface area contributed by atoms with Gasteiger partial charge in [-0.3, -0.25) is 9.59 Å². The van der Waals surface area contributed by atoms with Crippen LogP contribution < -0.4 is 5.32 Å². The van der Waals surface area contributed by atoms with Crippen molar-refractivity contribution in [3.05, 3.63) is 29.8 Å². The summed E-state index contributed by atoms with van der Waals surface area (Å²) in [6.07, 6.45) is 2.88. The number of amides is 2. The molecule has 1 atom stereocenters. The maximum Gasteiger partial charge on any atom is 0.253 e. The Kier molecular flexibility index (Phi) is 6.77. The normalized spacial score (nSPS) is 18.0. The molecule has 7 nitrogen and oxygen atoms in total. The minimum Gasteiger partial charge on any atom is -0.348 e. The molecule has 26 heavy (non-hydrogen) atoms. The highest BCUT2D eigenvalue weighted by Crippen LogP contribution is 2.17. The number of hydrogen-bond donors (Lipinski definition) is 1. The van der Waals surface area contributed by atoms with E-state index in [0.717, 1.165) is 32.4 Å². The number of nitrogens with zero attached hydrogens (tertiary/aromatic N) is 2. The van der Waals surface area contributed by atoms with Gasteiger partial charge >= 0.3 is 0 Å². The molecule has 1 unspecified atom stereocenters. The van der Waals surface area contributed by atoms with Crippen LogP contribution >= 0.6 is 0 Å². The molecule has 1 aliphatic rings. The standard InChI is InChI=1S/C18H27N3O4S/c1-20(2)17(22)13-26(24,25)16-8-6-14(7-9-16)18(23)21(3)15-5-4-11-19-12-10-15/h6-9,15,19H,4-5,10-13H2,1-3H3. The third kappa shape index (κ3) is 5.04. The van der Waals surface area contributed by atoms with E-state index in [1.165, 1.54) is 43.3 Å². The lowest BCUT2D eigenvalue weighted by atomic mass is 10.1. The number of benzene rings is 1. The van der Waals surface area contributed by atoms with Crippen LogP contribution in [0.5, 0.6) is 0 Å². The van der Waals surface area contributed by atoms with Crippen molar-refractivity contribution >= 4 is 21.7 Å². The minimum absolute atomic E-state index is 0.0468. The van der Waals surface area contributed by atoms with Gasteiger partial charge in [-0.2, -0.15) is 0 Å². The summed E-state index contributed by atoms with van der Waals surface area (Å²) in [6, 6.07) is 6.00. The van der Waals surface area contributed by atoms with Crippen LogP contribution in [-0.4, -0.2) is 76.1 Å². The van der Waals surface area contributed by atoms with Gasteiger partial charge in [0.2, 0.25) is 5.91 Å². The number of nitrogens with one attached hydrogen (secondary N) is 1. The van der Waals surface area contributed by atoms with Crippen LogP contribution in [0.2, 0.25) is 0 Å². The summed E-state index contributed by atoms with van der Waals surface area (Å²) in [5, 5.41) is 3.32. The first-order chi connectivity index (χ1) is 12.2. The Morgan fingerprint density at radius 3 is 2.35 bits per heavy atom. The molecular formula is C18H27N3O4S. The lowest BCUT2D eigenvalue weighted by Gasteiger charge is -2.27. The van der Waals surface area contributed by atoms with E-state index in [1.807, 2.05) is 0 Å². The van der Waals surface area contributed by atoms with Crippen molar-refractivity contribution in [3.8, 4) is 0 Å². The molecule has 1 saturated heterocycles. The van der Waals surface area contributed by atoms with Gasteiger partial charge in [-0.1, -0.05) is 0 Å². The van der Waals surface area contributed by atoms with Gasteiger partial charge in [-0.05, 0) is 56.6 Å². The lowest BCUT2D eigenvalue weighted by Crippen LogP contribution is -2.37. The molecule has 0 spiro atoms. The van der Waals surface area contributed by atoms with E-state index in [1.54, 1.807) is 11.9 Å². The van der Waals surface area contributed by atoms with Crippen molar-refractivity contribution in [1.29, 1.82) is 0 Å². The smallest absolute Gasteiger partial charge is 0.253 e. The molecule has 1 heterocycles. The minimum atomic E-state index is -3.72. The van der Waals surface area contributed by atoms with Crippen LogP contribution in [0.4, 0.5) is 0 Å². The molecule has 1 N–H and O–H groups in total. The van der Waals surface area contributed by atoms with Crippen LogP contribution in [0.15, 0.2) is 29.2 Å². The number of sulfone groups is 1. The second-order valence-corrected chi connectivity index (χ2v) is 8.81. The van der Waals surface area contributed by atoms with Crippen molar-refractivity contribution in [2.24, 2.45) is 0 Å². The number of rotatable bonds is 5. The highest BCUT2D eigenvalue weighted by atomic mass is 32.2. The van der Waals surface area contributed by atoms with E-state index in [9.17, 15) is 18.0 Å². The summed E-state index contributed by atoms with van der Waals surface area (Å²) >= 11 is 0. The fourth-order valence-electron chi connectivity index (χ4n) is 2.94. The van der Waals surface area contributed by atoms with Gasteiger partial charge in [0.05, 0.1) is 4.90 Å². The van der Waals surface area contributed by atoms with Gasteiger partial charge < -0.3 is 15.1 Å². The van der Waals surface area contributed by atoms with E-state index in [0.29, 0.717) is 5.56 Å². The van der Waals surface area contributed by atoms with Crippen molar-refractivity contribution in [2.75, 3.05) is 40.0 Å². The summed E-state index contributed by atoms with van der Waals surface area (Å²) in [4.78, 5) is 27.4. The Morgan fingerprint density at radius 1 is 1.08 bits per heavy atom.